The number of aryl methyl sites for hydroxylation is 1. The predicted octanol–water partition coefficient (Wildman–Crippen LogP) is 4.32. The van der Waals surface area contributed by atoms with Gasteiger partial charge in [0.05, 0.1) is 13.2 Å². The van der Waals surface area contributed by atoms with Gasteiger partial charge in [-0.2, -0.15) is 0 Å². The molecule has 2 aromatic carbocycles. The summed E-state index contributed by atoms with van der Waals surface area (Å²) >= 11 is 7.80. The summed E-state index contributed by atoms with van der Waals surface area (Å²) in [6, 6.07) is 16.2. The third-order valence-electron chi connectivity index (χ3n) is 4.77. The van der Waals surface area contributed by atoms with Crippen LogP contribution in [0.2, 0.25) is 5.02 Å². The number of nitrogens with zero attached hydrogens (tertiary/aromatic N) is 4. The molecule has 1 aromatic heterocycles. The Morgan fingerprint density at radius 2 is 1.71 bits per heavy atom. The van der Waals surface area contributed by atoms with Gasteiger partial charge in [0.2, 0.25) is 0 Å². The van der Waals surface area contributed by atoms with Crippen molar-refractivity contribution in [3.05, 3.63) is 59.1 Å². The summed E-state index contributed by atoms with van der Waals surface area (Å²) in [5, 5.41) is 10.6. The predicted molar refractivity (Wildman–Crippen MR) is 115 cm³/mol. The van der Waals surface area contributed by atoms with E-state index < -0.39 is 0 Å². The van der Waals surface area contributed by atoms with E-state index in [2.05, 4.69) is 50.9 Å². The van der Waals surface area contributed by atoms with Gasteiger partial charge in [0.1, 0.15) is 0 Å². The van der Waals surface area contributed by atoms with Crippen molar-refractivity contribution in [3.63, 3.8) is 0 Å². The summed E-state index contributed by atoms with van der Waals surface area (Å²) < 4.78 is 7.56. The molecule has 0 aliphatic carbocycles. The highest BCUT2D eigenvalue weighted by molar-refractivity contribution is 7.99. The van der Waals surface area contributed by atoms with E-state index in [9.17, 15) is 0 Å². The highest BCUT2D eigenvalue weighted by atomic mass is 35.5. The van der Waals surface area contributed by atoms with Gasteiger partial charge in [-0.3, -0.25) is 9.47 Å². The maximum atomic E-state index is 6.06. The number of hydrogen-bond acceptors (Lipinski definition) is 5. The molecule has 7 heteroatoms. The number of ether oxygens (including phenoxy) is 1. The van der Waals surface area contributed by atoms with E-state index in [1.807, 2.05) is 24.3 Å². The van der Waals surface area contributed by atoms with Gasteiger partial charge in [-0.15, -0.1) is 10.2 Å². The van der Waals surface area contributed by atoms with E-state index in [1.54, 1.807) is 11.8 Å². The van der Waals surface area contributed by atoms with Crippen molar-refractivity contribution in [1.29, 1.82) is 0 Å². The van der Waals surface area contributed by atoms with Crippen LogP contribution in [0.15, 0.2) is 53.7 Å². The Morgan fingerprint density at radius 3 is 2.43 bits per heavy atom. The first-order valence-corrected chi connectivity index (χ1v) is 10.8. The average Bonchev–Trinajstić information content (AvgIpc) is 3.14. The molecule has 0 atom stereocenters. The number of aromatic nitrogens is 3. The van der Waals surface area contributed by atoms with Gasteiger partial charge in [-0.1, -0.05) is 41.1 Å². The second kappa shape index (κ2) is 9.09. The van der Waals surface area contributed by atoms with E-state index in [-0.39, 0.29) is 0 Å². The van der Waals surface area contributed by atoms with Crippen LogP contribution in [0, 0.1) is 6.92 Å². The fourth-order valence-corrected chi connectivity index (χ4v) is 4.24. The molecule has 0 unspecified atom stereocenters. The molecule has 28 heavy (non-hydrogen) atoms. The molecule has 4 rings (SSSR count). The Kier molecular flexibility index (Phi) is 6.32. The maximum absolute atomic E-state index is 6.06. The number of benzene rings is 2. The topological polar surface area (TPSA) is 43.2 Å². The molecule has 1 aliphatic rings. The lowest BCUT2D eigenvalue weighted by Gasteiger charge is -2.26. The average molecular weight is 415 g/mol. The van der Waals surface area contributed by atoms with Gasteiger partial charge in [0.25, 0.3) is 0 Å². The Balaban J connectivity index is 1.60. The van der Waals surface area contributed by atoms with E-state index in [0.717, 1.165) is 60.8 Å². The largest absolute Gasteiger partial charge is 0.379 e. The Hall–Kier alpha value is -1.86. The van der Waals surface area contributed by atoms with E-state index >= 15 is 0 Å². The summed E-state index contributed by atoms with van der Waals surface area (Å²) in [5.41, 5.74) is 3.29. The lowest BCUT2D eigenvalue weighted by atomic mass is 10.2. The second-order valence-electron chi connectivity index (χ2n) is 6.79. The monoisotopic (exact) mass is 414 g/mol. The SMILES string of the molecule is Cc1ccc(-n2c(SCCN3CCOCC3)nnc2-c2ccc(Cl)cc2)cc1. The molecule has 0 N–H and O–H groups in total. The quantitative estimate of drug-likeness (QED) is 0.562. The number of thioether (sulfide) groups is 1. The first kappa shape index (κ1) is 19.5. The van der Waals surface area contributed by atoms with E-state index in [1.165, 1.54) is 5.56 Å². The second-order valence-corrected chi connectivity index (χ2v) is 8.29. The summed E-state index contributed by atoms with van der Waals surface area (Å²) in [5.74, 6) is 1.79. The van der Waals surface area contributed by atoms with Crippen LogP contribution in [0.25, 0.3) is 17.1 Å². The van der Waals surface area contributed by atoms with Crippen LogP contribution < -0.4 is 0 Å². The van der Waals surface area contributed by atoms with Crippen molar-refractivity contribution in [2.45, 2.75) is 12.1 Å². The van der Waals surface area contributed by atoms with Crippen LogP contribution >= 0.6 is 23.4 Å². The summed E-state index contributed by atoms with van der Waals surface area (Å²) in [4.78, 5) is 2.43. The zero-order chi connectivity index (χ0) is 19.3. The molecule has 3 aromatic rings. The molecular formula is C21H23ClN4OS. The molecule has 1 aliphatic heterocycles. The highest BCUT2D eigenvalue weighted by Crippen LogP contribution is 2.29. The lowest BCUT2D eigenvalue weighted by molar-refractivity contribution is 0.0410. The fourth-order valence-electron chi connectivity index (χ4n) is 3.17. The molecule has 0 bridgehead atoms. The molecule has 0 spiro atoms. The first-order valence-electron chi connectivity index (χ1n) is 9.42. The molecule has 5 nitrogen and oxygen atoms in total. The first-order chi connectivity index (χ1) is 13.7. The maximum Gasteiger partial charge on any atom is 0.196 e. The van der Waals surface area contributed by atoms with Gasteiger partial charge in [-0.05, 0) is 43.3 Å². The molecule has 2 heterocycles. The number of rotatable bonds is 6. The van der Waals surface area contributed by atoms with Crippen molar-refractivity contribution in [3.8, 4) is 17.1 Å². The third kappa shape index (κ3) is 4.58. The minimum absolute atomic E-state index is 0.713. The smallest absolute Gasteiger partial charge is 0.196 e. The Bertz CT molecular complexity index is 905. The van der Waals surface area contributed by atoms with Crippen LogP contribution in [-0.4, -0.2) is 58.3 Å². The Labute approximate surface area is 174 Å². The highest BCUT2D eigenvalue weighted by Gasteiger charge is 2.17. The number of morpholine rings is 1. The molecule has 1 saturated heterocycles. The van der Waals surface area contributed by atoms with E-state index in [4.69, 9.17) is 16.3 Å². The minimum atomic E-state index is 0.713. The summed E-state index contributed by atoms with van der Waals surface area (Å²) in [6.07, 6.45) is 0. The van der Waals surface area contributed by atoms with Crippen LogP contribution in [0.4, 0.5) is 0 Å². The number of hydrogen-bond donors (Lipinski definition) is 0. The molecule has 146 valence electrons. The van der Waals surface area contributed by atoms with Crippen LogP contribution in [0.5, 0.6) is 0 Å². The van der Waals surface area contributed by atoms with Crippen LogP contribution in [-0.2, 0) is 4.74 Å². The van der Waals surface area contributed by atoms with E-state index in [0.29, 0.717) is 5.02 Å². The summed E-state index contributed by atoms with van der Waals surface area (Å²) in [6.45, 7) is 6.76. The zero-order valence-electron chi connectivity index (χ0n) is 15.8. The van der Waals surface area contributed by atoms with Gasteiger partial charge in [0, 0.05) is 41.7 Å². The van der Waals surface area contributed by atoms with Crippen molar-refractivity contribution in [1.82, 2.24) is 19.7 Å². The third-order valence-corrected chi connectivity index (χ3v) is 5.93. The van der Waals surface area contributed by atoms with Gasteiger partial charge >= 0.3 is 0 Å². The minimum Gasteiger partial charge on any atom is -0.379 e. The van der Waals surface area contributed by atoms with Gasteiger partial charge < -0.3 is 4.74 Å². The van der Waals surface area contributed by atoms with Crippen molar-refractivity contribution < 1.29 is 4.74 Å². The van der Waals surface area contributed by atoms with Crippen LogP contribution in [0.3, 0.4) is 0 Å². The molecular weight excluding hydrogens is 392 g/mol. The van der Waals surface area contributed by atoms with Gasteiger partial charge in [0.15, 0.2) is 11.0 Å². The molecule has 0 amide bonds. The van der Waals surface area contributed by atoms with Crippen molar-refractivity contribution in [2.24, 2.45) is 0 Å². The van der Waals surface area contributed by atoms with Crippen molar-refractivity contribution >= 4 is 23.4 Å². The lowest BCUT2D eigenvalue weighted by Crippen LogP contribution is -2.37. The molecule has 1 fully saturated rings. The molecule has 0 radical (unpaired) electrons. The summed E-state index contributed by atoms with van der Waals surface area (Å²) in [7, 11) is 0. The standard InChI is InChI=1S/C21H23ClN4OS/c1-16-2-8-19(9-3-16)26-20(17-4-6-18(22)7-5-17)23-24-21(26)28-15-12-25-10-13-27-14-11-25/h2-9H,10-15H2,1H3. The molecule has 0 saturated carbocycles. The number of halogens is 1. The van der Waals surface area contributed by atoms with Crippen molar-refractivity contribution in [2.75, 3.05) is 38.6 Å². The Morgan fingerprint density at radius 1 is 1.00 bits per heavy atom. The fraction of sp³-hybridized carbons (Fsp3) is 0.333. The zero-order valence-corrected chi connectivity index (χ0v) is 17.4. The van der Waals surface area contributed by atoms with Crippen LogP contribution in [0.1, 0.15) is 5.56 Å². The van der Waals surface area contributed by atoms with Gasteiger partial charge in [-0.25, -0.2) is 0 Å². The normalized spacial score (nSPS) is 15.1.